The Morgan fingerprint density at radius 3 is 2.73 bits per heavy atom. The van der Waals surface area contributed by atoms with Crippen LogP contribution in [0.1, 0.15) is 40.5 Å². The third-order valence-corrected chi connectivity index (χ3v) is 5.30. The number of anilines is 1. The molecular formula is C20H23N5O4S. The van der Waals surface area contributed by atoms with Crippen LogP contribution in [0.2, 0.25) is 0 Å². The lowest BCUT2D eigenvalue weighted by atomic mass is 9.96. The number of alkyl carbamates (subject to hydrolysis) is 1. The average Bonchev–Trinajstić information content (AvgIpc) is 3.10. The van der Waals surface area contributed by atoms with Gasteiger partial charge in [0, 0.05) is 16.2 Å². The van der Waals surface area contributed by atoms with Gasteiger partial charge in [0.15, 0.2) is 0 Å². The van der Waals surface area contributed by atoms with Crippen LogP contribution in [0.15, 0.2) is 27.5 Å². The maximum absolute atomic E-state index is 12.6. The third kappa shape index (κ3) is 4.91. The van der Waals surface area contributed by atoms with Gasteiger partial charge in [0.05, 0.1) is 11.8 Å². The predicted octanol–water partition coefficient (Wildman–Crippen LogP) is 3.48. The Balaban J connectivity index is 1.77. The summed E-state index contributed by atoms with van der Waals surface area (Å²) < 4.78 is 10.9. The van der Waals surface area contributed by atoms with Crippen molar-refractivity contribution in [2.24, 2.45) is 0 Å². The van der Waals surface area contributed by atoms with Crippen LogP contribution >= 0.6 is 11.8 Å². The van der Waals surface area contributed by atoms with Crippen LogP contribution in [-0.4, -0.2) is 39.6 Å². The summed E-state index contributed by atoms with van der Waals surface area (Å²) in [5.41, 5.74) is -0.364. The second kappa shape index (κ2) is 7.99. The summed E-state index contributed by atoms with van der Waals surface area (Å²) in [6.07, 6.45) is -0.645. The van der Waals surface area contributed by atoms with Gasteiger partial charge >= 0.3 is 6.09 Å². The highest BCUT2D eigenvalue weighted by Gasteiger charge is 2.29. The lowest BCUT2D eigenvalue weighted by molar-refractivity contribution is -0.117. The summed E-state index contributed by atoms with van der Waals surface area (Å²) in [6, 6.07) is 6.74. The molecule has 0 fully saturated rings. The standard InChI is InChI=1S/C20H23N5O4S/c1-19(2,3)29-18(27)23-13-9-30-14-7-6-11(8-12(14)22-15(13)26)16-24-25-17(28-16)20(4,5)10-21/h6-8,13H,9H2,1-5H3,(H,22,26)(H,23,27)/t13-/m0/s1. The highest BCUT2D eigenvalue weighted by Crippen LogP contribution is 2.35. The van der Waals surface area contributed by atoms with E-state index in [9.17, 15) is 14.9 Å². The number of aromatic nitrogens is 2. The molecule has 0 aliphatic carbocycles. The van der Waals surface area contributed by atoms with E-state index < -0.39 is 23.2 Å². The van der Waals surface area contributed by atoms with Crippen LogP contribution in [-0.2, 0) is 14.9 Å². The second-order valence-electron chi connectivity index (χ2n) is 8.36. The lowest BCUT2D eigenvalue weighted by Gasteiger charge is -2.22. The first-order valence-corrected chi connectivity index (χ1v) is 10.3. The zero-order valence-electron chi connectivity index (χ0n) is 17.4. The highest BCUT2D eigenvalue weighted by molar-refractivity contribution is 7.99. The summed E-state index contributed by atoms with van der Waals surface area (Å²) in [5.74, 6) is 0.484. The fraction of sp³-hybridized carbons (Fsp3) is 0.450. The van der Waals surface area contributed by atoms with E-state index in [0.717, 1.165) is 4.90 Å². The second-order valence-corrected chi connectivity index (χ2v) is 9.42. The number of amides is 2. The van der Waals surface area contributed by atoms with Crippen molar-refractivity contribution in [3.63, 3.8) is 0 Å². The molecule has 0 saturated carbocycles. The SMILES string of the molecule is CC(C)(C)OC(=O)N[C@H]1CSc2ccc(-c3nnc(C(C)(C)C#N)o3)cc2NC1=O. The molecule has 1 aromatic heterocycles. The van der Waals surface area contributed by atoms with Crippen LogP contribution in [0.5, 0.6) is 0 Å². The van der Waals surface area contributed by atoms with E-state index in [1.54, 1.807) is 46.8 Å². The van der Waals surface area contributed by atoms with Crippen LogP contribution in [0.3, 0.4) is 0 Å². The molecule has 0 radical (unpaired) electrons. The normalized spacial score (nSPS) is 16.7. The summed E-state index contributed by atoms with van der Waals surface area (Å²) >= 11 is 1.44. The van der Waals surface area contributed by atoms with Gasteiger partial charge in [-0.25, -0.2) is 4.79 Å². The van der Waals surface area contributed by atoms with Crippen molar-refractivity contribution < 1.29 is 18.7 Å². The molecule has 1 atom stereocenters. The van der Waals surface area contributed by atoms with Crippen LogP contribution in [0.25, 0.3) is 11.5 Å². The number of hydrogen-bond donors (Lipinski definition) is 2. The average molecular weight is 430 g/mol. The molecular weight excluding hydrogens is 406 g/mol. The zero-order chi connectivity index (χ0) is 22.1. The Labute approximate surface area is 178 Å². The van der Waals surface area contributed by atoms with E-state index >= 15 is 0 Å². The van der Waals surface area contributed by atoms with E-state index in [0.29, 0.717) is 17.0 Å². The zero-order valence-corrected chi connectivity index (χ0v) is 18.2. The van der Waals surface area contributed by atoms with Gasteiger partial charge in [-0.1, -0.05) is 0 Å². The van der Waals surface area contributed by atoms with Gasteiger partial charge in [0.2, 0.25) is 17.7 Å². The van der Waals surface area contributed by atoms with Crippen molar-refractivity contribution in [2.75, 3.05) is 11.1 Å². The third-order valence-electron chi connectivity index (χ3n) is 4.14. The van der Waals surface area contributed by atoms with E-state index in [1.807, 2.05) is 6.07 Å². The molecule has 1 aromatic carbocycles. The predicted molar refractivity (Wildman–Crippen MR) is 111 cm³/mol. The molecule has 3 rings (SSSR count). The number of benzene rings is 1. The molecule has 1 aliphatic rings. The molecule has 0 spiro atoms. The summed E-state index contributed by atoms with van der Waals surface area (Å²) in [6.45, 7) is 8.65. The molecule has 30 heavy (non-hydrogen) atoms. The first-order valence-electron chi connectivity index (χ1n) is 9.31. The minimum atomic E-state index is -0.901. The van der Waals surface area contributed by atoms with E-state index in [4.69, 9.17) is 9.15 Å². The number of rotatable bonds is 3. The molecule has 10 heteroatoms. The molecule has 9 nitrogen and oxygen atoms in total. The van der Waals surface area contributed by atoms with Gasteiger partial charge in [0.1, 0.15) is 17.1 Å². The van der Waals surface area contributed by atoms with E-state index in [1.165, 1.54) is 11.8 Å². The molecule has 1 aliphatic heterocycles. The minimum Gasteiger partial charge on any atom is -0.444 e. The topological polar surface area (TPSA) is 130 Å². The Bertz CT molecular complexity index is 1020. The molecule has 0 saturated heterocycles. The Kier molecular flexibility index (Phi) is 5.76. The molecule has 2 aromatic rings. The molecule has 2 N–H and O–H groups in total. The lowest BCUT2D eigenvalue weighted by Crippen LogP contribution is -2.46. The van der Waals surface area contributed by atoms with Crippen LogP contribution in [0.4, 0.5) is 10.5 Å². The van der Waals surface area contributed by atoms with Gasteiger partial charge in [-0.15, -0.1) is 22.0 Å². The quantitative estimate of drug-likeness (QED) is 0.758. The molecule has 158 valence electrons. The number of nitrogens with zero attached hydrogens (tertiary/aromatic N) is 3. The fourth-order valence-electron chi connectivity index (χ4n) is 2.55. The number of thioether (sulfide) groups is 1. The van der Waals surface area contributed by atoms with Gasteiger partial charge in [-0.3, -0.25) is 4.79 Å². The van der Waals surface area contributed by atoms with Gasteiger partial charge in [0.25, 0.3) is 0 Å². The van der Waals surface area contributed by atoms with Crippen molar-refractivity contribution >= 4 is 29.4 Å². The van der Waals surface area contributed by atoms with E-state index in [-0.39, 0.29) is 17.7 Å². The van der Waals surface area contributed by atoms with Crippen molar-refractivity contribution in [2.45, 2.75) is 56.6 Å². The Morgan fingerprint density at radius 2 is 2.07 bits per heavy atom. The van der Waals surface area contributed by atoms with Crippen molar-refractivity contribution in [3.05, 3.63) is 24.1 Å². The smallest absolute Gasteiger partial charge is 0.408 e. The maximum Gasteiger partial charge on any atom is 0.408 e. The largest absolute Gasteiger partial charge is 0.444 e. The van der Waals surface area contributed by atoms with Gasteiger partial charge in [-0.05, 0) is 52.8 Å². The van der Waals surface area contributed by atoms with Crippen LogP contribution in [0, 0.1) is 11.3 Å². The minimum absolute atomic E-state index is 0.218. The fourth-order valence-corrected chi connectivity index (χ4v) is 3.56. The number of ether oxygens (including phenoxy) is 1. The first kappa shape index (κ1) is 21.6. The van der Waals surface area contributed by atoms with Crippen molar-refractivity contribution in [1.29, 1.82) is 5.26 Å². The molecule has 2 amide bonds. The summed E-state index contributed by atoms with van der Waals surface area (Å²) in [5, 5.41) is 22.6. The summed E-state index contributed by atoms with van der Waals surface area (Å²) in [4.78, 5) is 25.5. The van der Waals surface area contributed by atoms with Crippen molar-refractivity contribution in [3.8, 4) is 17.5 Å². The number of carbonyl (C=O) groups is 2. The number of nitriles is 1. The van der Waals surface area contributed by atoms with E-state index in [2.05, 4.69) is 26.9 Å². The number of fused-ring (bicyclic) bond motifs is 1. The highest BCUT2D eigenvalue weighted by atomic mass is 32.2. The Morgan fingerprint density at radius 1 is 1.33 bits per heavy atom. The number of nitrogens with one attached hydrogen (secondary N) is 2. The molecule has 0 bridgehead atoms. The van der Waals surface area contributed by atoms with Crippen molar-refractivity contribution in [1.82, 2.24) is 15.5 Å². The summed E-state index contributed by atoms with van der Waals surface area (Å²) in [7, 11) is 0. The Hall–Kier alpha value is -3.06. The number of hydrogen-bond acceptors (Lipinski definition) is 8. The maximum atomic E-state index is 12.6. The first-order chi connectivity index (χ1) is 14.0. The monoisotopic (exact) mass is 429 g/mol. The van der Waals surface area contributed by atoms with Gasteiger partial charge in [-0.2, -0.15) is 5.26 Å². The number of carbonyl (C=O) groups excluding carboxylic acids is 2. The van der Waals surface area contributed by atoms with Crippen LogP contribution < -0.4 is 10.6 Å². The molecule has 2 heterocycles. The molecule has 0 unspecified atom stereocenters. The van der Waals surface area contributed by atoms with Gasteiger partial charge < -0.3 is 19.8 Å².